The van der Waals surface area contributed by atoms with E-state index in [2.05, 4.69) is 26.6 Å². The van der Waals surface area contributed by atoms with E-state index < -0.39 is 0 Å². The highest BCUT2D eigenvalue weighted by Gasteiger charge is 2.26. The molecule has 1 atom stereocenters. The predicted molar refractivity (Wildman–Crippen MR) is 106 cm³/mol. The first-order valence-corrected chi connectivity index (χ1v) is 10.3. The van der Waals surface area contributed by atoms with Crippen molar-refractivity contribution in [3.8, 4) is 0 Å². The van der Waals surface area contributed by atoms with E-state index in [9.17, 15) is 9.59 Å². The Hall–Kier alpha value is -2.19. The van der Waals surface area contributed by atoms with Gasteiger partial charge in [-0.2, -0.15) is 0 Å². The zero-order valence-electron chi connectivity index (χ0n) is 16.5. The molecule has 2 fully saturated rings. The van der Waals surface area contributed by atoms with Crippen molar-refractivity contribution >= 4 is 17.1 Å². The Morgan fingerprint density at radius 2 is 1.93 bits per heavy atom. The topological polar surface area (TPSA) is 74.8 Å². The smallest absolute Gasteiger partial charge is 0.406 e. The lowest BCUT2D eigenvalue weighted by Gasteiger charge is -2.38. The monoisotopic (exact) mass is 387 g/mol. The number of oxazole rings is 1. The molecule has 0 N–H and O–H groups in total. The average Bonchev–Trinajstić information content (AvgIpc) is 3.03. The second kappa shape index (κ2) is 8.45. The molecular weight excluding hydrogens is 358 g/mol. The summed E-state index contributed by atoms with van der Waals surface area (Å²) in [6, 6.07) is 3.90. The third-order valence-corrected chi connectivity index (χ3v) is 6.01. The highest BCUT2D eigenvalue weighted by atomic mass is 16.4. The number of piperazine rings is 1. The van der Waals surface area contributed by atoms with E-state index in [1.165, 1.54) is 6.42 Å². The molecule has 2 aromatic rings. The van der Waals surface area contributed by atoms with Crippen molar-refractivity contribution < 1.29 is 9.21 Å². The second-order valence-corrected chi connectivity index (χ2v) is 7.89. The van der Waals surface area contributed by atoms with Gasteiger partial charge >= 0.3 is 5.76 Å². The first-order chi connectivity index (χ1) is 13.6. The number of amides is 1. The molecule has 1 amide bonds. The summed E-state index contributed by atoms with van der Waals surface area (Å²) in [5.41, 5.74) is 1.13. The molecule has 28 heavy (non-hydrogen) atoms. The number of nitrogens with zero attached hydrogens (tertiary/aromatic N) is 5. The fourth-order valence-electron chi connectivity index (χ4n) is 4.26. The fourth-order valence-corrected chi connectivity index (χ4v) is 4.26. The number of hydrogen-bond acceptors (Lipinski definition) is 6. The SMILES string of the molecule is C[C@@H]1CCCCN1C(=O)CN1CCN(CCn2c(=O)oc3cccnc32)CC1. The number of rotatable bonds is 5. The van der Waals surface area contributed by atoms with E-state index in [1.807, 2.05) is 0 Å². The van der Waals surface area contributed by atoms with Gasteiger partial charge in [0.25, 0.3) is 0 Å². The molecule has 8 heteroatoms. The van der Waals surface area contributed by atoms with Gasteiger partial charge in [0.15, 0.2) is 11.2 Å². The molecule has 0 radical (unpaired) electrons. The number of aromatic nitrogens is 2. The van der Waals surface area contributed by atoms with Crippen LogP contribution >= 0.6 is 0 Å². The zero-order valence-corrected chi connectivity index (χ0v) is 16.5. The van der Waals surface area contributed by atoms with Gasteiger partial charge in [-0.15, -0.1) is 0 Å². The molecule has 2 aliphatic heterocycles. The van der Waals surface area contributed by atoms with Crippen LogP contribution in [0.5, 0.6) is 0 Å². The summed E-state index contributed by atoms with van der Waals surface area (Å²) >= 11 is 0. The van der Waals surface area contributed by atoms with Gasteiger partial charge in [-0.3, -0.25) is 19.2 Å². The maximum Gasteiger partial charge on any atom is 0.421 e. The van der Waals surface area contributed by atoms with Crippen LogP contribution in [0.3, 0.4) is 0 Å². The summed E-state index contributed by atoms with van der Waals surface area (Å²) in [6.07, 6.45) is 5.15. The number of likely N-dealkylation sites (tertiary alicyclic amines) is 1. The van der Waals surface area contributed by atoms with Gasteiger partial charge in [-0.1, -0.05) is 0 Å². The van der Waals surface area contributed by atoms with Crippen LogP contribution in [-0.2, 0) is 11.3 Å². The summed E-state index contributed by atoms with van der Waals surface area (Å²) in [4.78, 5) is 35.6. The van der Waals surface area contributed by atoms with E-state index in [4.69, 9.17) is 4.42 Å². The van der Waals surface area contributed by atoms with Crippen molar-refractivity contribution in [3.05, 3.63) is 28.9 Å². The molecule has 152 valence electrons. The lowest BCUT2D eigenvalue weighted by atomic mass is 10.0. The van der Waals surface area contributed by atoms with Crippen molar-refractivity contribution in [2.75, 3.05) is 45.8 Å². The quantitative estimate of drug-likeness (QED) is 0.762. The van der Waals surface area contributed by atoms with Crippen LogP contribution < -0.4 is 5.76 Å². The molecule has 0 saturated carbocycles. The standard InChI is InChI=1S/C20H29N5O3/c1-16-5-2-3-8-24(16)18(26)15-23-11-9-22(10-12-23)13-14-25-19-17(28-20(25)27)6-4-7-21-19/h4,6-7,16H,2-3,5,8-15H2,1H3/t16-/m1/s1. The van der Waals surface area contributed by atoms with Crippen molar-refractivity contribution in [3.63, 3.8) is 0 Å². The zero-order chi connectivity index (χ0) is 19.5. The molecule has 2 aromatic heterocycles. The Morgan fingerprint density at radius 1 is 1.14 bits per heavy atom. The van der Waals surface area contributed by atoms with Gasteiger partial charge in [-0.25, -0.2) is 9.78 Å². The third kappa shape index (κ3) is 4.12. The molecule has 4 heterocycles. The van der Waals surface area contributed by atoms with Crippen LogP contribution in [0.25, 0.3) is 11.2 Å². The van der Waals surface area contributed by atoms with Gasteiger partial charge in [0.2, 0.25) is 5.91 Å². The molecule has 0 aliphatic carbocycles. The van der Waals surface area contributed by atoms with Crippen LogP contribution in [0.4, 0.5) is 0 Å². The maximum absolute atomic E-state index is 12.6. The minimum atomic E-state index is -0.353. The Kier molecular flexibility index (Phi) is 5.77. The molecule has 8 nitrogen and oxygen atoms in total. The van der Waals surface area contributed by atoms with Crippen molar-refractivity contribution in [2.24, 2.45) is 0 Å². The number of fused-ring (bicyclic) bond motifs is 1. The maximum atomic E-state index is 12.6. The minimum Gasteiger partial charge on any atom is -0.406 e. The number of carbonyl (C=O) groups is 1. The second-order valence-electron chi connectivity index (χ2n) is 7.89. The number of pyridine rings is 1. The first kappa shape index (κ1) is 19.1. The van der Waals surface area contributed by atoms with E-state index in [1.54, 1.807) is 22.9 Å². The molecular formula is C20H29N5O3. The summed E-state index contributed by atoms with van der Waals surface area (Å²) in [5, 5.41) is 0. The van der Waals surface area contributed by atoms with Gasteiger partial charge in [-0.05, 0) is 38.3 Å². The van der Waals surface area contributed by atoms with Crippen LogP contribution in [0.1, 0.15) is 26.2 Å². The molecule has 2 saturated heterocycles. The van der Waals surface area contributed by atoms with Gasteiger partial charge in [0, 0.05) is 58.1 Å². The average molecular weight is 387 g/mol. The van der Waals surface area contributed by atoms with E-state index in [0.29, 0.717) is 30.4 Å². The lowest BCUT2D eigenvalue weighted by molar-refractivity contribution is -0.136. The number of piperidine rings is 1. The number of hydrogen-bond donors (Lipinski definition) is 0. The Morgan fingerprint density at radius 3 is 2.71 bits per heavy atom. The summed E-state index contributed by atoms with van der Waals surface area (Å²) < 4.78 is 6.84. The first-order valence-electron chi connectivity index (χ1n) is 10.3. The van der Waals surface area contributed by atoms with Gasteiger partial charge in [0.05, 0.1) is 6.54 Å². The fraction of sp³-hybridized carbons (Fsp3) is 0.650. The minimum absolute atomic E-state index is 0.267. The largest absolute Gasteiger partial charge is 0.421 e. The molecule has 0 bridgehead atoms. The van der Waals surface area contributed by atoms with E-state index in [-0.39, 0.29) is 11.7 Å². The van der Waals surface area contributed by atoms with E-state index >= 15 is 0 Å². The van der Waals surface area contributed by atoms with Crippen molar-refractivity contribution in [1.82, 2.24) is 24.3 Å². The summed E-state index contributed by atoms with van der Waals surface area (Å²) in [7, 11) is 0. The third-order valence-electron chi connectivity index (χ3n) is 6.01. The Labute approximate surface area is 164 Å². The molecule has 2 aliphatic rings. The lowest BCUT2D eigenvalue weighted by Crippen LogP contribution is -2.52. The van der Waals surface area contributed by atoms with Crippen LogP contribution in [-0.4, -0.2) is 82.0 Å². The predicted octanol–water partition coefficient (Wildman–Crippen LogP) is 1.01. The van der Waals surface area contributed by atoms with E-state index in [0.717, 1.165) is 52.1 Å². The highest BCUT2D eigenvalue weighted by molar-refractivity contribution is 5.78. The van der Waals surface area contributed by atoms with Crippen LogP contribution in [0, 0.1) is 0 Å². The van der Waals surface area contributed by atoms with Gasteiger partial charge in [0.1, 0.15) is 0 Å². The summed E-state index contributed by atoms with van der Waals surface area (Å²) in [5.74, 6) is -0.0864. The molecule has 0 spiro atoms. The van der Waals surface area contributed by atoms with Crippen LogP contribution in [0.15, 0.2) is 27.5 Å². The van der Waals surface area contributed by atoms with Crippen molar-refractivity contribution in [1.29, 1.82) is 0 Å². The Balaban J connectivity index is 1.26. The summed E-state index contributed by atoms with van der Waals surface area (Å²) in [6.45, 7) is 8.49. The number of carbonyl (C=O) groups excluding carboxylic acids is 1. The van der Waals surface area contributed by atoms with Crippen molar-refractivity contribution in [2.45, 2.75) is 38.8 Å². The van der Waals surface area contributed by atoms with Gasteiger partial charge < -0.3 is 9.32 Å². The highest BCUT2D eigenvalue weighted by Crippen LogP contribution is 2.17. The molecule has 4 rings (SSSR count). The molecule has 0 aromatic carbocycles. The normalized spacial score (nSPS) is 22.0. The Bertz CT molecular complexity index is 868. The molecule has 0 unspecified atom stereocenters. The van der Waals surface area contributed by atoms with Crippen LogP contribution in [0.2, 0.25) is 0 Å².